The van der Waals surface area contributed by atoms with Crippen LogP contribution in [0.3, 0.4) is 0 Å². The van der Waals surface area contributed by atoms with Gasteiger partial charge in [-0.25, -0.2) is 4.98 Å². The van der Waals surface area contributed by atoms with Gasteiger partial charge >= 0.3 is 0 Å². The Morgan fingerprint density at radius 1 is 1.22 bits per heavy atom. The molecule has 0 aliphatic carbocycles. The third-order valence-electron chi connectivity index (χ3n) is 4.93. The van der Waals surface area contributed by atoms with Gasteiger partial charge in [0.2, 0.25) is 16.9 Å². The van der Waals surface area contributed by atoms with Gasteiger partial charge in [0.25, 0.3) is 0 Å². The molecule has 0 bridgehead atoms. The number of anilines is 2. The highest BCUT2D eigenvalue weighted by Gasteiger charge is 2.39. The van der Waals surface area contributed by atoms with Gasteiger partial charge in [-0.2, -0.15) is 0 Å². The van der Waals surface area contributed by atoms with Crippen molar-refractivity contribution in [3.63, 3.8) is 0 Å². The molecule has 1 atom stereocenters. The average molecular weight is 387 g/mol. The maximum absolute atomic E-state index is 12.9. The van der Waals surface area contributed by atoms with E-state index >= 15 is 0 Å². The Bertz CT molecular complexity index is 820. The summed E-state index contributed by atoms with van der Waals surface area (Å²) in [4.78, 5) is 39.3. The summed E-state index contributed by atoms with van der Waals surface area (Å²) in [6.45, 7) is 5.07. The van der Waals surface area contributed by atoms with Crippen molar-refractivity contribution >= 4 is 34.1 Å². The summed E-state index contributed by atoms with van der Waals surface area (Å²) in [5, 5.41) is 9.66. The molecule has 0 spiro atoms. The first kappa shape index (κ1) is 17.8. The lowest BCUT2D eigenvalue weighted by Crippen LogP contribution is -2.51. The Kier molecular flexibility index (Phi) is 4.97. The third kappa shape index (κ3) is 3.61. The summed E-state index contributed by atoms with van der Waals surface area (Å²) in [6.07, 6.45) is 6.08. The van der Waals surface area contributed by atoms with Crippen molar-refractivity contribution in [1.82, 2.24) is 25.1 Å². The molecule has 2 aliphatic rings. The number of carbonyl (C=O) groups is 2. The molecular weight excluding hydrogens is 366 g/mol. The van der Waals surface area contributed by atoms with E-state index in [9.17, 15) is 9.59 Å². The van der Waals surface area contributed by atoms with Gasteiger partial charge in [-0.15, -0.1) is 10.2 Å². The van der Waals surface area contributed by atoms with Gasteiger partial charge in [0.05, 0.1) is 12.1 Å². The summed E-state index contributed by atoms with van der Waals surface area (Å²) in [7, 11) is 0. The highest BCUT2D eigenvalue weighted by molar-refractivity contribution is 7.15. The molecule has 1 unspecified atom stereocenters. The summed E-state index contributed by atoms with van der Waals surface area (Å²) < 4.78 is 0. The van der Waals surface area contributed by atoms with Crippen molar-refractivity contribution in [1.29, 1.82) is 0 Å². The summed E-state index contributed by atoms with van der Waals surface area (Å²) in [6, 6.07) is 0. The molecule has 0 radical (unpaired) electrons. The molecule has 2 amide bonds. The molecule has 2 fully saturated rings. The molecule has 2 aliphatic heterocycles. The fraction of sp³-hybridized carbons (Fsp3) is 0.529. The molecule has 142 valence electrons. The topological polar surface area (TPSA) is 95.4 Å². The maximum Gasteiger partial charge on any atom is 0.229 e. The van der Waals surface area contributed by atoms with Crippen LogP contribution in [0.25, 0.3) is 0 Å². The minimum atomic E-state index is -0.311. The molecule has 4 heterocycles. The van der Waals surface area contributed by atoms with E-state index < -0.39 is 0 Å². The highest BCUT2D eigenvalue weighted by Crippen LogP contribution is 2.29. The van der Waals surface area contributed by atoms with Crippen LogP contribution in [0, 0.1) is 5.92 Å². The van der Waals surface area contributed by atoms with Gasteiger partial charge < -0.3 is 9.80 Å². The van der Waals surface area contributed by atoms with Crippen LogP contribution in [0.4, 0.5) is 10.9 Å². The van der Waals surface area contributed by atoms with E-state index in [1.54, 1.807) is 23.5 Å². The fourth-order valence-corrected chi connectivity index (χ4v) is 4.23. The molecule has 0 aromatic carbocycles. The van der Waals surface area contributed by atoms with Gasteiger partial charge in [-0.1, -0.05) is 18.3 Å². The molecule has 27 heavy (non-hydrogen) atoms. The summed E-state index contributed by atoms with van der Waals surface area (Å²) >= 11 is 1.42. The molecule has 2 aromatic rings. The van der Waals surface area contributed by atoms with Crippen LogP contribution in [-0.4, -0.2) is 69.6 Å². The Hall–Kier alpha value is -2.62. The number of piperazine rings is 1. The van der Waals surface area contributed by atoms with E-state index in [0.717, 1.165) is 17.2 Å². The van der Waals surface area contributed by atoms with Gasteiger partial charge in [0.1, 0.15) is 10.8 Å². The lowest BCUT2D eigenvalue weighted by atomic mass is 10.1. The zero-order valence-corrected chi connectivity index (χ0v) is 15.9. The normalized spacial score (nSPS) is 20.4. The van der Waals surface area contributed by atoms with Crippen LogP contribution in [-0.2, 0) is 16.0 Å². The second-order valence-corrected chi connectivity index (χ2v) is 7.65. The van der Waals surface area contributed by atoms with Crippen molar-refractivity contribution in [2.24, 2.45) is 5.92 Å². The monoisotopic (exact) mass is 387 g/mol. The van der Waals surface area contributed by atoms with Crippen LogP contribution >= 0.6 is 11.3 Å². The van der Waals surface area contributed by atoms with E-state index in [-0.39, 0.29) is 24.2 Å². The zero-order chi connectivity index (χ0) is 18.8. The first-order chi connectivity index (χ1) is 13.2. The SMILES string of the molecule is CCc1nnc(N2CC(C(=O)N3CCN(c4cnccn4)CC3)CC2=O)s1. The smallest absolute Gasteiger partial charge is 0.229 e. The van der Waals surface area contributed by atoms with Gasteiger partial charge in [0.15, 0.2) is 0 Å². The minimum absolute atomic E-state index is 0.0462. The molecule has 0 saturated carbocycles. The average Bonchev–Trinajstić information content (AvgIpc) is 3.34. The Labute approximate surface area is 161 Å². The van der Waals surface area contributed by atoms with Crippen molar-refractivity contribution in [3.05, 3.63) is 23.6 Å². The quantitative estimate of drug-likeness (QED) is 0.758. The van der Waals surface area contributed by atoms with Crippen LogP contribution in [0.5, 0.6) is 0 Å². The molecule has 2 aromatic heterocycles. The van der Waals surface area contributed by atoms with Crippen molar-refractivity contribution < 1.29 is 9.59 Å². The Morgan fingerprint density at radius 2 is 2.04 bits per heavy atom. The molecule has 10 heteroatoms. The summed E-state index contributed by atoms with van der Waals surface area (Å²) in [5.74, 6) is 0.514. The van der Waals surface area contributed by atoms with E-state index in [2.05, 4.69) is 25.1 Å². The van der Waals surface area contributed by atoms with Crippen LogP contribution in [0.2, 0.25) is 0 Å². The molecule has 9 nitrogen and oxygen atoms in total. The van der Waals surface area contributed by atoms with E-state index in [1.165, 1.54) is 11.3 Å². The number of hydrogen-bond donors (Lipinski definition) is 0. The molecular formula is C17H21N7O2S. The predicted molar refractivity (Wildman–Crippen MR) is 101 cm³/mol. The number of carbonyl (C=O) groups excluding carboxylic acids is 2. The van der Waals surface area contributed by atoms with Gasteiger partial charge in [-0.05, 0) is 6.42 Å². The summed E-state index contributed by atoms with van der Waals surface area (Å²) in [5.41, 5.74) is 0. The molecule has 4 rings (SSSR count). The fourth-order valence-electron chi connectivity index (χ4n) is 3.42. The van der Waals surface area contributed by atoms with Crippen LogP contribution in [0.15, 0.2) is 18.6 Å². The van der Waals surface area contributed by atoms with Crippen molar-refractivity contribution in [3.8, 4) is 0 Å². The lowest BCUT2D eigenvalue weighted by Gasteiger charge is -2.36. The predicted octanol–water partition coefficient (Wildman–Crippen LogP) is 0.592. The van der Waals surface area contributed by atoms with E-state index in [1.807, 2.05) is 11.8 Å². The number of amides is 2. The first-order valence-corrected chi connectivity index (χ1v) is 9.90. The molecule has 0 N–H and O–H groups in total. The Balaban J connectivity index is 1.36. The van der Waals surface area contributed by atoms with Crippen LogP contribution < -0.4 is 9.80 Å². The number of aromatic nitrogens is 4. The van der Waals surface area contributed by atoms with Crippen molar-refractivity contribution in [2.75, 3.05) is 42.5 Å². The van der Waals surface area contributed by atoms with E-state index in [0.29, 0.717) is 37.9 Å². The number of hydrogen-bond acceptors (Lipinski definition) is 8. The zero-order valence-electron chi connectivity index (χ0n) is 15.1. The minimum Gasteiger partial charge on any atom is -0.352 e. The Morgan fingerprint density at radius 3 is 2.70 bits per heavy atom. The van der Waals surface area contributed by atoms with Crippen LogP contribution in [0.1, 0.15) is 18.4 Å². The number of aryl methyl sites for hydroxylation is 1. The number of nitrogens with zero attached hydrogens (tertiary/aromatic N) is 7. The van der Waals surface area contributed by atoms with E-state index in [4.69, 9.17) is 0 Å². The van der Waals surface area contributed by atoms with Crippen molar-refractivity contribution in [2.45, 2.75) is 19.8 Å². The largest absolute Gasteiger partial charge is 0.352 e. The second kappa shape index (κ2) is 7.55. The van der Waals surface area contributed by atoms with Gasteiger partial charge in [0, 0.05) is 51.5 Å². The second-order valence-electron chi connectivity index (χ2n) is 6.61. The first-order valence-electron chi connectivity index (χ1n) is 9.08. The number of rotatable bonds is 4. The standard InChI is InChI=1S/C17H21N7O2S/c1-2-14-20-21-17(27-14)24-11-12(9-15(24)25)16(26)23-7-5-22(6-8-23)13-10-18-3-4-19-13/h3-4,10,12H,2,5-9,11H2,1H3. The molecule has 2 saturated heterocycles. The van der Waals surface area contributed by atoms with Gasteiger partial charge in [-0.3, -0.25) is 19.5 Å². The highest BCUT2D eigenvalue weighted by atomic mass is 32.1. The maximum atomic E-state index is 12.9. The third-order valence-corrected chi connectivity index (χ3v) is 6.02. The lowest BCUT2D eigenvalue weighted by molar-refractivity contribution is -0.136.